The van der Waals surface area contributed by atoms with Crippen molar-refractivity contribution in [2.75, 3.05) is 7.11 Å². The summed E-state index contributed by atoms with van der Waals surface area (Å²) in [6.45, 7) is 0. The number of nitrogens with two attached hydrogens (primary N) is 1. The van der Waals surface area contributed by atoms with E-state index in [2.05, 4.69) is 0 Å². The third-order valence-corrected chi connectivity index (χ3v) is 5.98. The summed E-state index contributed by atoms with van der Waals surface area (Å²) in [7, 11) is 1.30. The summed E-state index contributed by atoms with van der Waals surface area (Å²) in [6.07, 6.45) is 0.949. The van der Waals surface area contributed by atoms with Crippen LogP contribution in [0.3, 0.4) is 0 Å². The van der Waals surface area contributed by atoms with Crippen molar-refractivity contribution in [2.45, 2.75) is 24.7 Å². The Labute approximate surface area is 161 Å². The van der Waals surface area contributed by atoms with Gasteiger partial charge in [-0.25, -0.2) is 4.79 Å². The maximum atomic E-state index is 13.1. The molecule has 0 bridgehead atoms. The third kappa shape index (κ3) is 3.06. The average molecular weight is 381 g/mol. The number of benzene rings is 1. The lowest BCUT2D eigenvalue weighted by Gasteiger charge is -2.34. The van der Waals surface area contributed by atoms with Crippen LogP contribution in [0.2, 0.25) is 0 Å². The maximum absolute atomic E-state index is 13.1. The van der Waals surface area contributed by atoms with E-state index in [0.29, 0.717) is 24.2 Å². The Kier molecular flexibility index (Phi) is 4.58. The van der Waals surface area contributed by atoms with E-state index in [1.54, 1.807) is 0 Å². The smallest absolute Gasteiger partial charge is 0.340 e. The molecule has 0 saturated heterocycles. The van der Waals surface area contributed by atoms with Crippen molar-refractivity contribution in [1.82, 2.24) is 0 Å². The SMILES string of the molecule is COC(=O)C1=C(N)OC2=C(C(=O)C[C@@H](c3ccccc3)C2)[C@H]1c1cccs1. The molecule has 2 atom stereocenters. The minimum absolute atomic E-state index is 0.0144. The first-order valence-corrected chi connectivity index (χ1v) is 9.58. The Hall–Kier alpha value is -2.86. The van der Waals surface area contributed by atoms with E-state index in [1.807, 2.05) is 47.8 Å². The second-order valence-corrected chi connectivity index (χ2v) is 7.58. The molecule has 5 nitrogen and oxygen atoms in total. The predicted molar refractivity (Wildman–Crippen MR) is 102 cm³/mol. The van der Waals surface area contributed by atoms with Gasteiger partial charge >= 0.3 is 5.97 Å². The van der Waals surface area contributed by atoms with Gasteiger partial charge in [0, 0.05) is 23.3 Å². The molecule has 0 unspecified atom stereocenters. The van der Waals surface area contributed by atoms with E-state index < -0.39 is 11.9 Å². The van der Waals surface area contributed by atoms with Crippen LogP contribution >= 0.6 is 11.3 Å². The van der Waals surface area contributed by atoms with Gasteiger partial charge in [0.2, 0.25) is 5.88 Å². The summed E-state index contributed by atoms with van der Waals surface area (Å²) < 4.78 is 10.7. The standard InChI is InChI=1S/C21H19NO4S/c1-25-21(24)19-18(16-8-5-9-27-16)17-14(23)10-13(11-15(17)26-20(19)22)12-6-3-2-4-7-12/h2-9,13,18H,10-11,22H2,1H3/t13-,18-/m1/s1. The van der Waals surface area contributed by atoms with Crippen molar-refractivity contribution >= 4 is 23.1 Å². The minimum atomic E-state index is -0.574. The molecule has 0 fully saturated rings. The molecule has 6 heteroatoms. The normalized spacial score (nSPS) is 22.3. The fraction of sp³-hybridized carbons (Fsp3) is 0.238. The number of esters is 1. The Morgan fingerprint density at radius 3 is 2.63 bits per heavy atom. The van der Waals surface area contributed by atoms with E-state index in [1.165, 1.54) is 18.4 Å². The molecule has 138 valence electrons. The van der Waals surface area contributed by atoms with Gasteiger partial charge in [0.15, 0.2) is 5.78 Å². The molecule has 2 aliphatic rings. The van der Waals surface area contributed by atoms with Crippen molar-refractivity contribution in [1.29, 1.82) is 0 Å². The van der Waals surface area contributed by atoms with E-state index in [4.69, 9.17) is 15.2 Å². The molecule has 0 radical (unpaired) electrons. The summed E-state index contributed by atoms with van der Waals surface area (Å²) in [6, 6.07) is 13.7. The topological polar surface area (TPSA) is 78.6 Å². The zero-order valence-electron chi connectivity index (χ0n) is 14.8. The van der Waals surface area contributed by atoms with Gasteiger partial charge in [0.05, 0.1) is 13.0 Å². The number of thiophene rings is 1. The molecule has 0 spiro atoms. The van der Waals surface area contributed by atoms with Gasteiger partial charge in [0.25, 0.3) is 0 Å². The van der Waals surface area contributed by atoms with Gasteiger partial charge in [-0.3, -0.25) is 4.79 Å². The second kappa shape index (κ2) is 7.04. The number of hydrogen-bond acceptors (Lipinski definition) is 6. The first-order chi connectivity index (χ1) is 13.1. The van der Waals surface area contributed by atoms with Crippen LogP contribution in [0.4, 0.5) is 0 Å². The van der Waals surface area contributed by atoms with Gasteiger partial charge in [0.1, 0.15) is 11.3 Å². The van der Waals surface area contributed by atoms with Crippen LogP contribution in [-0.2, 0) is 19.1 Å². The Morgan fingerprint density at radius 1 is 1.19 bits per heavy atom. The van der Waals surface area contributed by atoms with Gasteiger partial charge in [-0.15, -0.1) is 11.3 Å². The summed E-state index contributed by atoms with van der Waals surface area (Å²) in [5.41, 5.74) is 7.92. The van der Waals surface area contributed by atoms with Crippen molar-refractivity contribution in [3.63, 3.8) is 0 Å². The van der Waals surface area contributed by atoms with Crippen LogP contribution in [0.15, 0.2) is 70.6 Å². The highest BCUT2D eigenvalue weighted by molar-refractivity contribution is 7.10. The number of rotatable bonds is 3. The van der Waals surface area contributed by atoms with E-state index >= 15 is 0 Å². The van der Waals surface area contributed by atoms with Crippen LogP contribution in [0.1, 0.15) is 35.1 Å². The summed E-state index contributed by atoms with van der Waals surface area (Å²) in [4.78, 5) is 26.4. The van der Waals surface area contributed by atoms with Gasteiger partial charge in [-0.1, -0.05) is 36.4 Å². The van der Waals surface area contributed by atoms with Crippen molar-refractivity contribution < 1.29 is 19.1 Å². The number of methoxy groups -OCH3 is 1. The summed E-state index contributed by atoms with van der Waals surface area (Å²) >= 11 is 1.48. The third-order valence-electron chi connectivity index (χ3n) is 5.04. The average Bonchev–Trinajstić information content (AvgIpc) is 3.21. The Bertz CT molecular complexity index is 944. The van der Waals surface area contributed by atoms with Crippen LogP contribution in [0, 0.1) is 0 Å². The minimum Gasteiger partial charge on any atom is -0.465 e. The number of Topliss-reactive ketones (excluding diaryl/α,β-unsaturated/α-hetero) is 1. The quantitative estimate of drug-likeness (QED) is 0.822. The molecule has 0 amide bonds. The molecule has 2 aromatic rings. The van der Waals surface area contributed by atoms with Gasteiger partial charge in [-0.05, 0) is 22.9 Å². The number of allylic oxidation sites excluding steroid dienone is 2. The second-order valence-electron chi connectivity index (χ2n) is 6.60. The highest BCUT2D eigenvalue weighted by atomic mass is 32.1. The fourth-order valence-corrected chi connectivity index (χ4v) is 4.66. The van der Waals surface area contributed by atoms with Crippen molar-refractivity contribution in [2.24, 2.45) is 5.73 Å². The molecule has 27 heavy (non-hydrogen) atoms. The fourth-order valence-electron chi connectivity index (χ4n) is 3.82. The lowest BCUT2D eigenvalue weighted by Crippen LogP contribution is -2.32. The zero-order chi connectivity index (χ0) is 19.0. The molecule has 1 aromatic carbocycles. The zero-order valence-corrected chi connectivity index (χ0v) is 15.6. The molecule has 2 heterocycles. The van der Waals surface area contributed by atoms with E-state index in [-0.39, 0.29) is 23.2 Å². The number of hydrogen-bond donors (Lipinski definition) is 1. The lowest BCUT2D eigenvalue weighted by atomic mass is 9.75. The lowest BCUT2D eigenvalue weighted by molar-refractivity contribution is -0.136. The van der Waals surface area contributed by atoms with Crippen molar-refractivity contribution in [3.8, 4) is 0 Å². The molecule has 4 rings (SSSR count). The number of ether oxygens (including phenoxy) is 2. The van der Waals surface area contributed by atoms with Gasteiger partial charge < -0.3 is 15.2 Å². The highest BCUT2D eigenvalue weighted by Gasteiger charge is 2.43. The molecule has 1 aliphatic heterocycles. The van der Waals surface area contributed by atoms with Crippen LogP contribution in [0.5, 0.6) is 0 Å². The van der Waals surface area contributed by atoms with Crippen LogP contribution in [0.25, 0.3) is 0 Å². The number of carbonyl (C=O) groups excluding carboxylic acids is 2. The summed E-state index contributed by atoms with van der Waals surface area (Å²) in [5, 5.41) is 1.91. The van der Waals surface area contributed by atoms with Crippen LogP contribution in [-0.4, -0.2) is 18.9 Å². The molecule has 2 N–H and O–H groups in total. The predicted octanol–water partition coefficient (Wildman–Crippen LogP) is 3.61. The van der Waals surface area contributed by atoms with Crippen LogP contribution < -0.4 is 5.73 Å². The van der Waals surface area contributed by atoms with E-state index in [9.17, 15) is 9.59 Å². The molecular formula is C21H19NO4S. The van der Waals surface area contributed by atoms with E-state index in [0.717, 1.165) is 10.4 Å². The first-order valence-electron chi connectivity index (χ1n) is 8.70. The maximum Gasteiger partial charge on any atom is 0.340 e. The molecule has 1 aromatic heterocycles. The summed E-state index contributed by atoms with van der Waals surface area (Å²) in [5.74, 6) is -0.517. The molecular weight excluding hydrogens is 362 g/mol. The number of carbonyl (C=O) groups is 2. The monoisotopic (exact) mass is 381 g/mol. The Balaban J connectivity index is 1.79. The molecule has 1 aliphatic carbocycles. The largest absolute Gasteiger partial charge is 0.465 e. The highest BCUT2D eigenvalue weighted by Crippen LogP contribution is 2.47. The molecule has 0 saturated carbocycles. The number of ketones is 1. The van der Waals surface area contributed by atoms with Crippen molar-refractivity contribution in [3.05, 3.63) is 81.1 Å². The Morgan fingerprint density at radius 2 is 1.96 bits per heavy atom. The van der Waals surface area contributed by atoms with Gasteiger partial charge in [-0.2, -0.15) is 0 Å². The first kappa shape index (κ1) is 17.5.